The Morgan fingerprint density at radius 1 is 1.04 bits per heavy atom. The van der Waals surface area contributed by atoms with E-state index in [9.17, 15) is 22.4 Å². The number of rotatable bonds is 5. The smallest absolute Gasteiger partial charge is 0.265 e. The Morgan fingerprint density at radius 2 is 1.67 bits per heavy atom. The van der Waals surface area contributed by atoms with Crippen LogP contribution in [0.3, 0.4) is 0 Å². The lowest BCUT2D eigenvalue weighted by Crippen LogP contribution is -2.40. The summed E-state index contributed by atoms with van der Waals surface area (Å²) in [5.41, 5.74) is 0.318. The topological polar surface area (TPSA) is 92.8 Å². The SMILES string of the molecule is COc1ccc(N2C(=O)CCCC2=O)cc1S(=O)(=O)Nc1ccc(F)cc1. The number of nitrogens with zero attached hydrogens (tertiary/aromatic N) is 1. The van der Waals surface area contributed by atoms with Crippen molar-refractivity contribution in [2.45, 2.75) is 24.2 Å². The summed E-state index contributed by atoms with van der Waals surface area (Å²) in [6, 6.07) is 8.85. The monoisotopic (exact) mass is 392 g/mol. The van der Waals surface area contributed by atoms with Gasteiger partial charge >= 0.3 is 0 Å². The molecule has 1 fully saturated rings. The number of anilines is 2. The molecular weight excluding hydrogens is 375 g/mol. The Kier molecular flexibility index (Phi) is 5.13. The highest BCUT2D eigenvalue weighted by Gasteiger charge is 2.29. The van der Waals surface area contributed by atoms with Crippen LogP contribution in [0.15, 0.2) is 47.4 Å². The number of imide groups is 1. The molecule has 1 aliphatic rings. The van der Waals surface area contributed by atoms with Crippen LogP contribution in [-0.4, -0.2) is 27.3 Å². The summed E-state index contributed by atoms with van der Waals surface area (Å²) < 4.78 is 46.1. The van der Waals surface area contributed by atoms with Gasteiger partial charge in [0.2, 0.25) is 11.8 Å². The van der Waals surface area contributed by atoms with Gasteiger partial charge in [-0.05, 0) is 48.9 Å². The molecule has 0 spiro atoms. The molecule has 0 atom stereocenters. The van der Waals surface area contributed by atoms with Crippen molar-refractivity contribution in [2.24, 2.45) is 0 Å². The highest BCUT2D eigenvalue weighted by molar-refractivity contribution is 7.92. The van der Waals surface area contributed by atoms with Gasteiger partial charge < -0.3 is 4.74 Å². The van der Waals surface area contributed by atoms with E-state index in [1.54, 1.807) is 0 Å². The number of amides is 2. The summed E-state index contributed by atoms with van der Waals surface area (Å²) >= 11 is 0. The van der Waals surface area contributed by atoms with Gasteiger partial charge in [-0.1, -0.05) is 0 Å². The summed E-state index contributed by atoms with van der Waals surface area (Å²) in [5, 5.41) is 0. The molecule has 9 heteroatoms. The Morgan fingerprint density at radius 3 is 2.26 bits per heavy atom. The van der Waals surface area contributed by atoms with Gasteiger partial charge in [-0.15, -0.1) is 0 Å². The predicted octanol–water partition coefficient (Wildman–Crippen LogP) is 2.68. The molecule has 0 bridgehead atoms. The fourth-order valence-corrected chi connectivity index (χ4v) is 4.03. The molecule has 0 saturated carbocycles. The van der Waals surface area contributed by atoms with Crippen molar-refractivity contribution in [3.63, 3.8) is 0 Å². The van der Waals surface area contributed by atoms with Crippen LogP contribution in [-0.2, 0) is 19.6 Å². The number of halogens is 1. The minimum atomic E-state index is -4.11. The first-order valence-corrected chi connectivity index (χ1v) is 9.62. The molecule has 27 heavy (non-hydrogen) atoms. The number of carbonyl (C=O) groups excluding carboxylic acids is 2. The molecule has 0 aromatic heterocycles. The molecule has 1 saturated heterocycles. The molecule has 2 aromatic rings. The second-order valence-electron chi connectivity index (χ2n) is 5.92. The van der Waals surface area contributed by atoms with Gasteiger partial charge in [-0.3, -0.25) is 19.2 Å². The fraction of sp³-hybridized carbons (Fsp3) is 0.222. The number of hydrogen-bond donors (Lipinski definition) is 1. The van der Waals surface area contributed by atoms with Gasteiger partial charge in [0.25, 0.3) is 10.0 Å². The van der Waals surface area contributed by atoms with Crippen molar-refractivity contribution in [1.29, 1.82) is 0 Å². The lowest BCUT2D eigenvalue weighted by molar-refractivity contribution is -0.129. The number of hydrogen-bond acceptors (Lipinski definition) is 5. The van der Waals surface area contributed by atoms with Crippen molar-refractivity contribution >= 4 is 33.2 Å². The average molecular weight is 392 g/mol. The van der Waals surface area contributed by atoms with E-state index in [1.165, 1.54) is 37.4 Å². The van der Waals surface area contributed by atoms with E-state index >= 15 is 0 Å². The summed E-state index contributed by atoms with van der Waals surface area (Å²) in [6.07, 6.45) is 0.906. The third-order valence-electron chi connectivity index (χ3n) is 4.07. The van der Waals surface area contributed by atoms with Crippen LogP contribution < -0.4 is 14.4 Å². The molecule has 0 radical (unpaired) electrons. The number of piperidine rings is 1. The van der Waals surface area contributed by atoms with E-state index < -0.39 is 15.8 Å². The lowest BCUT2D eigenvalue weighted by atomic mass is 10.1. The van der Waals surface area contributed by atoms with E-state index in [4.69, 9.17) is 4.74 Å². The Labute approximate surface area is 155 Å². The van der Waals surface area contributed by atoms with Crippen LogP contribution in [0.1, 0.15) is 19.3 Å². The van der Waals surface area contributed by atoms with Crippen LogP contribution in [0.25, 0.3) is 0 Å². The fourth-order valence-electron chi connectivity index (χ4n) is 2.78. The highest BCUT2D eigenvalue weighted by atomic mass is 32.2. The van der Waals surface area contributed by atoms with Gasteiger partial charge in [0.05, 0.1) is 12.8 Å². The molecule has 3 rings (SSSR count). The van der Waals surface area contributed by atoms with E-state index in [0.29, 0.717) is 6.42 Å². The van der Waals surface area contributed by atoms with Crippen LogP contribution in [0.5, 0.6) is 5.75 Å². The van der Waals surface area contributed by atoms with E-state index in [-0.39, 0.29) is 46.7 Å². The van der Waals surface area contributed by atoms with Gasteiger partial charge in [0.1, 0.15) is 16.5 Å². The molecule has 142 valence electrons. The third kappa shape index (κ3) is 3.92. The molecular formula is C18H17FN2O5S. The predicted molar refractivity (Wildman–Crippen MR) is 96.5 cm³/mol. The van der Waals surface area contributed by atoms with Crippen molar-refractivity contribution in [2.75, 3.05) is 16.7 Å². The number of sulfonamides is 1. The lowest BCUT2D eigenvalue weighted by Gasteiger charge is -2.25. The third-order valence-corrected chi connectivity index (χ3v) is 5.47. The maximum atomic E-state index is 13.0. The van der Waals surface area contributed by atoms with Gasteiger partial charge in [0, 0.05) is 18.5 Å². The van der Waals surface area contributed by atoms with Crippen LogP contribution in [0.2, 0.25) is 0 Å². The minimum Gasteiger partial charge on any atom is -0.495 e. The van der Waals surface area contributed by atoms with Crippen LogP contribution >= 0.6 is 0 Å². The van der Waals surface area contributed by atoms with E-state index in [2.05, 4.69) is 4.72 Å². The molecule has 0 unspecified atom stereocenters. The first-order chi connectivity index (χ1) is 12.8. The second kappa shape index (κ2) is 7.36. The molecule has 7 nitrogen and oxygen atoms in total. The number of carbonyl (C=O) groups is 2. The summed E-state index contributed by atoms with van der Waals surface area (Å²) in [5.74, 6) is -1.22. The first-order valence-electron chi connectivity index (χ1n) is 8.14. The van der Waals surface area contributed by atoms with Gasteiger partial charge in [-0.2, -0.15) is 0 Å². The number of methoxy groups -OCH3 is 1. The minimum absolute atomic E-state index is 0.0465. The summed E-state index contributed by atoms with van der Waals surface area (Å²) in [7, 11) is -2.80. The molecule has 1 aliphatic heterocycles. The number of nitrogens with one attached hydrogen (secondary N) is 1. The van der Waals surface area contributed by atoms with Crippen LogP contribution in [0, 0.1) is 5.82 Å². The zero-order chi connectivity index (χ0) is 19.6. The maximum Gasteiger partial charge on any atom is 0.265 e. The standard InChI is InChI=1S/C18H17FN2O5S/c1-26-15-10-9-14(21-17(22)3-2-4-18(21)23)11-16(15)27(24,25)20-13-7-5-12(19)6-8-13/h5-11,20H,2-4H2,1H3. The van der Waals surface area contributed by atoms with Crippen molar-refractivity contribution in [3.05, 3.63) is 48.3 Å². The largest absolute Gasteiger partial charge is 0.495 e. The highest BCUT2D eigenvalue weighted by Crippen LogP contribution is 2.32. The van der Waals surface area contributed by atoms with Gasteiger partial charge in [-0.25, -0.2) is 12.8 Å². The van der Waals surface area contributed by atoms with Crippen LogP contribution in [0.4, 0.5) is 15.8 Å². The molecule has 1 heterocycles. The Balaban J connectivity index is 2.01. The van der Waals surface area contributed by atoms with Gasteiger partial charge in [0.15, 0.2) is 0 Å². The summed E-state index contributed by atoms with van der Waals surface area (Å²) in [4.78, 5) is 25.0. The summed E-state index contributed by atoms with van der Waals surface area (Å²) in [6.45, 7) is 0. The quantitative estimate of drug-likeness (QED) is 0.790. The zero-order valence-electron chi connectivity index (χ0n) is 14.4. The van der Waals surface area contributed by atoms with E-state index in [1.807, 2.05) is 0 Å². The average Bonchev–Trinajstić information content (AvgIpc) is 2.63. The molecule has 2 aromatic carbocycles. The maximum absolute atomic E-state index is 13.0. The molecule has 2 amide bonds. The Hall–Kier alpha value is -2.94. The van der Waals surface area contributed by atoms with Crippen molar-refractivity contribution < 1.29 is 27.1 Å². The van der Waals surface area contributed by atoms with Crippen molar-refractivity contribution in [1.82, 2.24) is 0 Å². The zero-order valence-corrected chi connectivity index (χ0v) is 15.3. The van der Waals surface area contributed by atoms with Crippen molar-refractivity contribution in [3.8, 4) is 5.75 Å². The first kappa shape index (κ1) is 18.8. The number of ether oxygens (including phenoxy) is 1. The Bertz CT molecular complexity index is 973. The van der Waals surface area contributed by atoms with E-state index in [0.717, 1.165) is 17.0 Å². The number of benzene rings is 2. The molecule has 1 N–H and O–H groups in total. The molecule has 0 aliphatic carbocycles. The second-order valence-corrected chi connectivity index (χ2v) is 7.57. The normalized spacial score (nSPS) is 15.0.